The second-order valence-electron chi connectivity index (χ2n) is 6.13. The fourth-order valence-corrected chi connectivity index (χ4v) is 3.39. The Hall–Kier alpha value is -0.780. The maximum Gasteiger partial charge on any atom is 0.408 e. The van der Waals surface area contributed by atoms with E-state index in [1.54, 1.807) is 0 Å². The summed E-state index contributed by atoms with van der Waals surface area (Å²) in [6.07, 6.45) is 1.43. The first-order chi connectivity index (χ1) is 9.38. The van der Waals surface area contributed by atoms with E-state index in [-0.39, 0.29) is 31.3 Å². The highest BCUT2D eigenvalue weighted by molar-refractivity contribution is 5.76. The van der Waals surface area contributed by atoms with Gasteiger partial charge in [0.1, 0.15) is 6.04 Å². The monoisotopic (exact) mass is 292 g/mol. The lowest BCUT2D eigenvalue weighted by Crippen LogP contribution is -2.56. The Morgan fingerprint density at radius 1 is 1.15 bits per heavy atom. The van der Waals surface area contributed by atoms with Crippen LogP contribution in [0.15, 0.2) is 0 Å². The van der Waals surface area contributed by atoms with Gasteiger partial charge in [-0.25, -0.2) is 0 Å². The van der Waals surface area contributed by atoms with Gasteiger partial charge in [0.25, 0.3) is 0 Å². The van der Waals surface area contributed by atoms with Gasteiger partial charge in [-0.1, -0.05) is 25.7 Å². The number of carbonyl (C=O) groups is 1. The Morgan fingerprint density at radius 2 is 1.80 bits per heavy atom. The van der Waals surface area contributed by atoms with Gasteiger partial charge < -0.3 is 10.6 Å². The van der Waals surface area contributed by atoms with Crippen LogP contribution in [-0.4, -0.2) is 35.6 Å². The first-order valence-electron chi connectivity index (χ1n) is 7.49. The van der Waals surface area contributed by atoms with E-state index >= 15 is 0 Å². The molecule has 2 aliphatic rings. The van der Waals surface area contributed by atoms with Gasteiger partial charge in [0.2, 0.25) is 5.91 Å². The van der Waals surface area contributed by atoms with Crippen molar-refractivity contribution in [1.82, 2.24) is 4.90 Å². The summed E-state index contributed by atoms with van der Waals surface area (Å²) in [5, 5.41) is 0. The number of piperidine rings is 1. The maximum atomic E-state index is 13.0. The molecule has 1 saturated carbocycles. The van der Waals surface area contributed by atoms with Crippen LogP contribution in [0.25, 0.3) is 0 Å². The summed E-state index contributed by atoms with van der Waals surface area (Å²) in [4.78, 5) is 13.1. The first kappa shape index (κ1) is 15.6. The van der Waals surface area contributed by atoms with Gasteiger partial charge >= 0.3 is 6.18 Å². The average Bonchev–Trinajstić information content (AvgIpc) is 2.87. The zero-order chi connectivity index (χ0) is 14.8. The number of nitrogens with two attached hydrogens (primary N) is 1. The van der Waals surface area contributed by atoms with Gasteiger partial charge in [0, 0.05) is 19.0 Å². The van der Waals surface area contributed by atoms with Gasteiger partial charge in [-0.05, 0) is 25.2 Å². The molecule has 0 aromatic rings. The Morgan fingerprint density at radius 3 is 2.40 bits per heavy atom. The van der Waals surface area contributed by atoms with E-state index in [9.17, 15) is 18.0 Å². The van der Waals surface area contributed by atoms with Crippen LogP contribution in [-0.2, 0) is 4.79 Å². The molecule has 0 aromatic heterocycles. The molecule has 1 saturated heterocycles. The van der Waals surface area contributed by atoms with E-state index in [1.807, 2.05) is 0 Å². The minimum atomic E-state index is -4.34. The molecule has 1 heterocycles. The smallest absolute Gasteiger partial charge is 0.329 e. The highest BCUT2D eigenvalue weighted by Crippen LogP contribution is 2.33. The van der Waals surface area contributed by atoms with Crippen LogP contribution in [0.3, 0.4) is 0 Å². The lowest BCUT2D eigenvalue weighted by atomic mass is 9.96. The summed E-state index contributed by atoms with van der Waals surface area (Å²) in [5.74, 6) is 0.135. The molecule has 0 spiro atoms. The molecule has 6 heteroatoms. The van der Waals surface area contributed by atoms with Crippen LogP contribution in [0.4, 0.5) is 13.2 Å². The van der Waals surface area contributed by atoms with Crippen molar-refractivity contribution in [1.29, 1.82) is 0 Å². The van der Waals surface area contributed by atoms with Crippen molar-refractivity contribution < 1.29 is 18.0 Å². The number of nitrogens with zero attached hydrogens (tertiary/aromatic N) is 1. The number of amides is 1. The quantitative estimate of drug-likeness (QED) is 0.869. The van der Waals surface area contributed by atoms with E-state index in [0.717, 1.165) is 24.2 Å². The van der Waals surface area contributed by atoms with Crippen molar-refractivity contribution in [3.63, 3.8) is 0 Å². The Balaban J connectivity index is 1.92. The Labute approximate surface area is 117 Å². The largest absolute Gasteiger partial charge is 0.408 e. The third kappa shape index (κ3) is 3.87. The van der Waals surface area contributed by atoms with Crippen molar-refractivity contribution in [3.8, 4) is 0 Å². The maximum absolute atomic E-state index is 13.0. The minimum Gasteiger partial charge on any atom is -0.329 e. The SMILES string of the molecule is N[C@@H]1CC[C@H](C(F)(F)F)N(C(=O)CCC2CCCC2)C1. The number of likely N-dealkylation sites (tertiary alicyclic amines) is 1. The lowest BCUT2D eigenvalue weighted by molar-refractivity contribution is -0.197. The molecule has 0 unspecified atom stereocenters. The summed E-state index contributed by atoms with van der Waals surface area (Å²) in [6.45, 7) is 0.0354. The van der Waals surface area contributed by atoms with Crippen molar-refractivity contribution in [2.24, 2.45) is 11.7 Å². The highest BCUT2D eigenvalue weighted by Gasteiger charge is 2.47. The molecular formula is C14H23F3N2O. The average molecular weight is 292 g/mol. The number of hydrogen-bond donors (Lipinski definition) is 1. The van der Waals surface area contributed by atoms with Crippen LogP contribution < -0.4 is 5.73 Å². The normalized spacial score (nSPS) is 28.9. The molecule has 0 radical (unpaired) electrons. The van der Waals surface area contributed by atoms with E-state index in [2.05, 4.69) is 0 Å². The summed E-state index contributed by atoms with van der Waals surface area (Å²) in [6, 6.07) is -1.97. The van der Waals surface area contributed by atoms with Crippen molar-refractivity contribution in [3.05, 3.63) is 0 Å². The first-order valence-corrected chi connectivity index (χ1v) is 7.49. The van der Waals surface area contributed by atoms with Gasteiger partial charge in [-0.15, -0.1) is 0 Å². The third-order valence-electron chi connectivity index (χ3n) is 4.56. The zero-order valence-corrected chi connectivity index (χ0v) is 11.7. The van der Waals surface area contributed by atoms with Crippen LogP contribution >= 0.6 is 0 Å². The molecule has 2 N–H and O–H groups in total. The van der Waals surface area contributed by atoms with Crippen molar-refractivity contribution >= 4 is 5.91 Å². The fraction of sp³-hybridized carbons (Fsp3) is 0.929. The Bertz CT molecular complexity index is 340. The van der Waals surface area contributed by atoms with Gasteiger partial charge in [0.05, 0.1) is 0 Å². The van der Waals surface area contributed by atoms with Gasteiger partial charge in [-0.2, -0.15) is 13.2 Å². The van der Waals surface area contributed by atoms with Crippen molar-refractivity contribution in [2.75, 3.05) is 6.54 Å². The highest BCUT2D eigenvalue weighted by atomic mass is 19.4. The summed E-state index contributed by atoms with van der Waals surface area (Å²) in [7, 11) is 0. The minimum absolute atomic E-state index is 0.0354. The van der Waals surface area contributed by atoms with Crippen LogP contribution in [0, 0.1) is 5.92 Å². The van der Waals surface area contributed by atoms with Gasteiger partial charge in [-0.3, -0.25) is 4.79 Å². The molecule has 2 rings (SSSR count). The molecular weight excluding hydrogens is 269 g/mol. The summed E-state index contributed by atoms with van der Waals surface area (Å²) >= 11 is 0. The predicted octanol–water partition coefficient (Wildman–Crippen LogP) is 2.84. The molecule has 1 amide bonds. The van der Waals surface area contributed by atoms with Gasteiger partial charge in [0.15, 0.2) is 0 Å². The van der Waals surface area contributed by atoms with E-state index in [0.29, 0.717) is 12.3 Å². The van der Waals surface area contributed by atoms with E-state index in [4.69, 9.17) is 5.73 Å². The number of rotatable bonds is 3. The van der Waals surface area contributed by atoms with E-state index < -0.39 is 12.2 Å². The summed E-state index contributed by atoms with van der Waals surface area (Å²) in [5.41, 5.74) is 5.73. The number of alkyl halides is 3. The molecule has 0 bridgehead atoms. The molecule has 2 fully saturated rings. The standard InChI is InChI=1S/C14H23F3N2O/c15-14(16,17)12-7-6-11(18)9-19(12)13(20)8-5-10-3-1-2-4-10/h10-12H,1-9,18H2/t11-,12-/m1/s1. The number of halogens is 3. The van der Waals surface area contributed by atoms with Crippen LogP contribution in [0.5, 0.6) is 0 Å². The third-order valence-corrected chi connectivity index (χ3v) is 4.56. The summed E-state index contributed by atoms with van der Waals surface area (Å²) < 4.78 is 39.0. The lowest BCUT2D eigenvalue weighted by Gasteiger charge is -2.39. The van der Waals surface area contributed by atoms with Crippen LogP contribution in [0.1, 0.15) is 51.4 Å². The van der Waals surface area contributed by atoms with E-state index in [1.165, 1.54) is 12.8 Å². The topological polar surface area (TPSA) is 46.3 Å². The second-order valence-corrected chi connectivity index (χ2v) is 6.13. The zero-order valence-electron chi connectivity index (χ0n) is 11.7. The molecule has 0 aromatic carbocycles. The molecule has 1 aliphatic heterocycles. The molecule has 116 valence electrons. The number of carbonyl (C=O) groups excluding carboxylic acids is 1. The van der Waals surface area contributed by atoms with Crippen molar-refractivity contribution in [2.45, 2.75) is 69.6 Å². The molecule has 2 atom stereocenters. The molecule has 1 aliphatic carbocycles. The molecule has 20 heavy (non-hydrogen) atoms. The predicted molar refractivity (Wildman–Crippen MR) is 70.0 cm³/mol. The Kier molecular flexibility index (Phi) is 4.94. The second kappa shape index (κ2) is 6.33. The fourth-order valence-electron chi connectivity index (χ4n) is 3.39. The number of hydrogen-bond acceptors (Lipinski definition) is 2. The molecule has 3 nitrogen and oxygen atoms in total. The van der Waals surface area contributed by atoms with Crippen LogP contribution in [0.2, 0.25) is 0 Å².